The second-order valence-corrected chi connectivity index (χ2v) is 11.1. The molecular formula is C14H16BrF3Si. The van der Waals surface area contributed by atoms with Crippen molar-refractivity contribution in [2.24, 2.45) is 0 Å². The third-order valence-electron chi connectivity index (χ3n) is 2.31. The van der Waals surface area contributed by atoms with Crippen LogP contribution < -0.4 is 0 Å². The Bertz CT molecular complexity index is 492. The van der Waals surface area contributed by atoms with Gasteiger partial charge in [-0.15, -0.1) is 11.5 Å². The molecule has 0 aliphatic heterocycles. The summed E-state index contributed by atoms with van der Waals surface area (Å²) in [6.07, 6.45) is -5.11. The lowest BCUT2D eigenvalue weighted by atomic mass is 9.96. The van der Waals surface area contributed by atoms with E-state index in [9.17, 15) is 13.2 Å². The first-order valence-corrected chi connectivity index (χ1v) is 10.2. The van der Waals surface area contributed by atoms with Gasteiger partial charge in [-0.2, -0.15) is 13.2 Å². The van der Waals surface area contributed by atoms with Crippen molar-refractivity contribution in [2.45, 2.75) is 38.2 Å². The minimum absolute atomic E-state index is 0.609. The van der Waals surface area contributed by atoms with Crippen LogP contribution in [0.15, 0.2) is 28.7 Å². The predicted octanol–water partition coefficient (Wildman–Crippen LogP) is 5.37. The number of rotatable bonds is 2. The summed E-state index contributed by atoms with van der Waals surface area (Å²) < 4.78 is 38.7. The van der Waals surface area contributed by atoms with Gasteiger partial charge in [-0.25, -0.2) is 0 Å². The Hall–Kier alpha value is -0.733. The summed E-state index contributed by atoms with van der Waals surface area (Å²) in [5.74, 6) is 2.04. The zero-order chi connectivity index (χ0) is 14.7. The molecule has 0 aliphatic carbocycles. The molecule has 0 amide bonds. The van der Waals surface area contributed by atoms with Crippen LogP contribution >= 0.6 is 15.9 Å². The molecule has 0 aliphatic rings. The highest BCUT2D eigenvalue weighted by atomic mass is 79.9. The van der Waals surface area contributed by atoms with Crippen LogP contribution in [0.2, 0.25) is 19.6 Å². The number of hydrogen-bond donors (Lipinski definition) is 0. The van der Waals surface area contributed by atoms with E-state index in [0.29, 0.717) is 5.56 Å². The van der Waals surface area contributed by atoms with Gasteiger partial charge in [0.15, 0.2) is 0 Å². The van der Waals surface area contributed by atoms with Crippen molar-refractivity contribution >= 4 is 24.0 Å². The number of halogens is 4. The fourth-order valence-corrected chi connectivity index (χ4v) is 2.53. The Kier molecular flexibility index (Phi) is 5.28. The number of benzene rings is 1. The Morgan fingerprint density at radius 2 is 1.89 bits per heavy atom. The molecule has 5 heteroatoms. The fraction of sp³-hybridized carbons (Fsp3) is 0.429. The van der Waals surface area contributed by atoms with E-state index in [2.05, 4.69) is 27.4 Å². The third kappa shape index (κ3) is 6.83. The second kappa shape index (κ2) is 6.15. The van der Waals surface area contributed by atoms with Crippen LogP contribution in [-0.2, 0) is 0 Å². The van der Waals surface area contributed by atoms with E-state index in [0.717, 1.165) is 4.47 Å². The molecule has 0 heterocycles. The lowest BCUT2D eigenvalue weighted by molar-refractivity contribution is -0.136. The van der Waals surface area contributed by atoms with Crippen molar-refractivity contribution in [3.63, 3.8) is 0 Å². The van der Waals surface area contributed by atoms with Crippen LogP contribution in [0, 0.1) is 11.5 Å². The van der Waals surface area contributed by atoms with E-state index in [1.165, 1.54) is 0 Å². The Balaban J connectivity index is 3.08. The molecule has 19 heavy (non-hydrogen) atoms. The van der Waals surface area contributed by atoms with Crippen LogP contribution in [0.4, 0.5) is 13.2 Å². The summed E-state index contributed by atoms with van der Waals surface area (Å²) in [5.41, 5.74) is 3.64. The summed E-state index contributed by atoms with van der Waals surface area (Å²) in [4.78, 5) is 0. The highest BCUT2D eigenvalue weighted by Crippen LogP contribution is 2.31. The number of alkyl halides is 3. The molecule has 1 rings (SSSR count). The molecule has 1 aromatic rings. The molecule has 0 bridgehead atoms. The summed E-state index contributed by atoms with van der Waals surface area (Å²) in [6.45, 7) is 6.06. The smallest absolute Gasteiger partial charge is 0.171 e. The Labute approximate surface area is 121 Å². The Morgan fingerprint density at radius 1 is 1.26 bits per heavy atom. The largest absolute Gasteiger partial charge is 0.390 e. The minimum atomic E-state index is -4.21. The van der Waals surface area contributed by atoms with Gasteiger partial charge >= 0.3 is 6.18 Å². The molecule has 104 valence electrons. The summed E-state index contributed by atoms with van der Waals surface area (Å²) in [6, 6.07) is 6.93. The van der Waals surface area contributed by atoms with E-state index in [-0.39, 0.29) is 0 Å². The van der Waals surface area contributed by atoms with Crippen molar-refractivity contribution in [1.82, 2.24) is 0 Å². The molecule has 0 saturated carbocycles. The maximum absolute atomic E-state index is 12.6. The van der Waals surface area contributed by atoms with Crippen LogP contribution in [0.25, 0.3) is 0 Å². The highest BCUT2D eigenvalue weighted by molar-refractivity contribution is 9.10. The Morgan fingerprint density at radius 3 is 2.37 bits per heavy atom. The quantitative estimate of drug-likeness (QED) is 0.498. The zero-order valence-corrected chi connectivity index (χ0v) is 13.7. The van der Waals surface area contributed by atoms with E-state index in [1.54, 1.807) is 24.3 Å². The summed E-state index contributed by atoms with van der Waals surface area (Å²) in [5, 5.41) is 0. The maximum atomic E-state index is 12.6. The molecule has 0 saturated heterocycles. The predicted molar refractivity (Wildman–Crippen MR) is 78.7 cm³/mol. The van der Waals surface area contributed by atoms with Crippen molar-refractivity contribution in [3.8, 4) is 11.5 Å². The van der Waals surface area contributed by atoms with E-state index in [4.69, 9.17) is 0 Å². The first kappa shape index (κ1) is 16.3. The first-order valence-electron chi connectivity index (χ1n) is 5.92. The monoisotopic (exact) mass is 348 g/mol. The molecule has 0 spiro atoms. The van der Waals surface area contributed by atoms with Gasteiger partial charge in [-0.1, -0.05) is 47.7 Å². The van der Waals surface area contributed by atoms with Crippen LogP contribution in [-0.4, -0.2) is 14.3 Å². The topological polar surface area (TPSA) is 0 Å². The second-order valence-electron chi connectivity index (χ2n) is 5.45. The zero-order valence-electron chi connectivity index (χ0n) is 11.1. The average molecular weight is 349 g/mol. The van der Waals surface area contributed by atoms with Gasteiger partial charge < -0.3 is 0 Å². The van der Waals surface area contributed by atoms with Crippen molar-refractivity contribution in [3.05, 3.63) is 34.3 Å². The molecule has 1 aromatic carbocycles. The van der Waals surface area contributed by atoms with Gasteiger partial charge in [-0.3, -0.25) is 0 Å². The van der Waals surface area contributed by atoms with Gasteiger partial charge in [0.2, 0.25) is 0 Å². The van der Waals surface area contributed by atoms with Crippen LogP contribution in [0.3, 0.4) is 0 Å². The van der Waals surface area contributed by atoms with Gasteiger partial charge in [-0.05, 0) is 17.7 Å². The van der Waals surface area contributed by atoms with E-state index >= 15 is 0 Å². The third-order valence-corrected chi connectivity index (χ3v) is 3.70. The molecule has 0 aromatic heterocycles. The van der Waals surface area contributed by atoms with Gasteiger partial charge in [0, 0.05) is 4.47 Å². The van der Waals surface area contributed by atoms with Crippen LogP contribution in [0.1, 0.15) is 17.9 Å². The molecular weight excluding hydrogens is 333 g/mol. The molecule has 1 atom stereocenters. The summed E-state index contributed by atoms with van der Waals surface area (Å²) in [7, 11) is -1.68. The van der Waals surface area contributed by atoms with Gasteiger partial charge in [0.25, 0.3) is 0 Å². The first-order chi connectivity index (χ1) is 8.57. The van der Waals surface area contributed by atoms with Crippen LogP contribution in [0.5, 0.6) is 0 Å². The average Bonchev–Trinajstić information content (AvgIpc) is 2.21. The lowest BCUT2D eigenvalue weighted by Crippen LogP contribution is -2.18. The number of hydrogen-bond acceptors (Lipinski definition) is 0. The van der Waals surface area contributed by atoms with E-state index in [1.807, 2.05) is 19.6 Å². The molecule has 0 unspecified atom stereocenters. The van der Waals surface area contributed by atoms with Gasteiger partial charge in [0.05, 0.1) is 12.3 Å². The molecule has 0 nitrogen and oxygen atoms in total. The maximum Gasteiger partial charge on any atom is 0.390 e. The highest BCUT2D eigenvalue weighted by Gasteiger charge is 2.32. The van der Waals surface area contributed by atoms with Gasteiger partial charge in [0.1, 0.15) is 8.07 Å². The van der Waals surface area contributed by atoms with Crippen molar-refractivity contribution < 1.29 is 13.2 Å². The minimum Gasteiger partial charge on any atom is -0.171 e. The normalized spacial score (nSPS) is 13.6. The molecule has 0 fully saturated rings. The standard InChI is InChI=1S/C14H16BrF3Si/c1-19(2,3)8-7-12(10-14(16,17)18)11-5-4-6-13(15)9-11/h4-6,9,12H,10H2,1-3H3/t12-/m0/s1. The van der Waals surface area contributed by atoms with E-state index < -0.39 is 26.6 Å². The fourth-order valence-electron chi connectivity index (χ4n) is 1.51. The SMILES string of the molecule is C[Si](C)(C)C#C[C@@H](CC(F)(F)F)c1cccc(Br)c1. The van der Waals surface area contributed by atoms with Crippen molar-refractivity contribution in [2.75, 3.05) is 0 Å². The molecule has 0 radical (unpaired) electrons. The molecule has 0 N–H and O–H groups in total. The summed E-state index contributed by atoms with van der Waals surface area (Å²) >= 11 is 3.28. The van der Waals surface area contributed by atoms with Crippen molar-refractivity contribution in [1.29, 1.82) is 0 Å². The lowest BCUT2D eigenvalue weighted by Gasteiger charge is -2.15.